The number of halogens is 2. The Labute approximate surface area is 204 Å². The van der Waals surface area contributed by atoms with Crippen molar-refractivity contribution in [3.05, 3.63) is 90.7 Å². The molecule has 1 aliphatic carbocycles. The van der Waals surface area contributed by atoms with Crippen molar-refractivity contribution in [2.75, 3.05) is 0 Å². The van der Waals surface area contributed by atoms with Crippen molar-refractivity contribution in [2.24, 2.45) is 10.6 Å². The summed E-state index contributed by atoms with van der Waals surface area (Å²) in [5, 5.41) is 15.3. The monoisotopic (exact) mass is 529 g/mol. The predicted molar refractivity (Wildman–Crippen MR) is 130 cm³/mol. The lowest BCUT2D eigenvalue weighted by Gasteiger charge is -2.31. The van der Waals surface area contributed by atoms with E-state index < -0.39 is 10.9 Å². The lowest BCUT2D eigenvalue weighted by Crippen LogP contribution is -2.28. The molecule has 7 nitrogen and oxygen atoms in total. The number of rotatable bonds is 4. The van der Waals surface area contributed by atoms with Crippen LogP contribution < -0.4 is 0 Å². The molecule has 4 rings (SSSR count). The summed E-state index contributed by atoms with van der Waals surface area (Å²) in [4.78, 5) is 28.3. The molecule has 0 bridgehead atoms. The van der Waals surface area contributed by atoms with Crippen LogP contribution in [0.4, 0.5) is 5.69 Å². The lowest BCUT2D eigenvalue weighted by molar-refractivity contribution is -0.384. The topological polar surface area (TPSA) is 86.7 Å². The normalized spacial score (nSPS) is 15.8. The van der Waals surface area contributed by atoms with Crippen molar-refractivity contribution in [1.29, 1.82) is 0 Å². The van der Waals surface area contributed by atoms with E-state index in [1.165, 1.54) is 12.1 Å². The molecule has 1 aliphatic rings. The summed E-state index contributed by atoms with van der Waals surface area (Å²) in [6.07, 6.45) is 1.46. The molecule has 0 saturated heterocycles. The predicted octanol–water partition coefficient (Wildman–Crippen LogP) is 6.64. The molecule has 0 N–H and O–H groups in total. The number of hydrogen-bond donors (Lipinski definition) is 0. The maximum absolute atomic E-state index is 12.6. The number of hydrogen-bond acceptors (Lipinski definition) is 5. The Bertz CT molecular complexity index is 1300. The van der Waals surface area contributed by atoms with E-state index in [0.717, 1.165) is 39.6 Å². The van der Waals surface area contributed by atoms with Crippen LogP contribution in [0.5, 0.6) is 0 Å². The third kappa shape index (κ3) is 4.72. The van der Waals surface area contributed by atoms with Crippen molar-refractivity contribution < 1.29 is 14.6 Å². The van der Waals surface area contributed by atoms with Crippen LogP contribution >= 0.6 is 27.5 Å². The van der Waals surface area contributed by atoms with Crippen LogP contribution in [-0.4, -0.2) is 21.2 Å². The molecular weight excluding hydrogens is 510 g/mol. The van der Waals surface area contributed by atoms with Gasteiger partial charge in [0, 0.05) is 33.2 Å². The molecule has 0 unspecified atom stereocenters. The minimum absolute atomic E-state index is 0.00866. The number of fused-ring (bicyclic) bond motifs is 1. The zero-order valence-electron chi connectivity index (χ0n) is 18.3. The Morgan fingerprint density at radius 1 is 1.18 bits per heavy atom. The van der Waals surface area contributed by atoms with Crippen LogP contribution in [0.15, 0.2) is 58.2 Å². The summed E-state index contributed by atoms with van der Waals surface area (Å²) >= 11 is 9.31. The highest BCUT2D eigenvalue weighted by atomic mass is 79.9. The third-order valence-corrected chi connectivity index (χ3v) is 6.44. The van der Waals surface area contributed by atoms with E-state index in [1.54, 1.807) is 0 Å². The highest BCUT2D eigenvalue weighted by Crippen LogP contribution is 2.38. The van der Waals surface area contributed by atoms with Crippen molar-refractivity contribution >= 4 is 44.9 Å². The number of carbonyl (C=O) groups is 1. The third-order valence-electron chi connectivity index (χ3n) is 5.59. The van der Waals surface area contributed by atoms with Crippen molar-refractivity contribution in [3.8, 4) is 5.69 Å². The Balaban J connectivity index is 1.69. The van der Waals surface area contributed by atoms with E-state index in [9.17, 15) is 14.9 Å². The Hall–Kier alpha value is -2.97. The van der Waals surface area contributed by atoms with Crippen LogP contribution in [0.3, 0.4) is 0 Å². The summed E-state index contributed by atoms with van der Waals surface area (Å²) in [6, 6.07) is 13.9. The second kappa shape index (κ2) is 8.76. The van der Waals surface area contributed by atoms with Gasteiger partial charge in [0.15, 0.2) is 0 Å². The van der Waals surface area contributed by atoms with Gasteiger partial charge in [-0.1, -0.05) is 46.5 Å². The van der Waals surface area contributed by atoms with Gasteiger partial charge < -0.3 is 9.40 Å². The minimum Gasteiger partial charge on any atom is -0.318 e. The zero-order chi connectivity index (χ0) is 23.9. The molecule has 0 aliphatic heterocycles. The standard InChI is InChI=1S/C24H21BrClN3O4/c1-14-10-18-20(27-33-23(30)15-4-9-19(26)21(11-15)29(31)32)12-24(2,3)13-22(18)28(14)17-7-5-16(25)6-8-17/h4-11H,12-13H2,1-3H3/b27-20+. The van der Waals surface area contributed by atoms with E-state index in [2.05, 4.69) is 39.5 Å². The van der Waals surface area contributed by atoms with Gasteiger partial charge in [-0.2, -0.15) is 0 Å². The molecule has 0 spiro atoms. The molecule has 170 valence electrons. The molecule has 1 heterocycles. The van der Waals surface area contributed by atoms with Crippen molar-refractivity contribution in [3.63, 3.8) is 0 Å². The Morgan fingerprint density at radius 3 is 2.55 bits per heavy atom. The first kappa shape index (κ1) is 23.2. The van der Waals surface area contributed by atoms with Gasteiger partial charge in [0.2, 0.25) is 0 Å². The second-order valence-corrected chi connectivity index (χ2v) is 10.1. The van der Waals surface area contributed by atoms with Gasteiger partial charge in [0.1, 0.15) is 5.02 Å². The molecule has 1 aromatic heterocycles. The number of nitrogens with zero attached hydrogens (tertiary/aromatic N) is 3. The smallest absolute Gasteiger partial charge is 0.318 e. The van der Waals surface area contributed by atoms with E-state index in [4.69, 9.17) is 16.4 Å². The summed E-state index contributed by atoms with van der Waals surface area (Å²) in [5.41, 5.74) is 4.34. The average Bonchev–Trinajstić information content (AvgIpc) is 3.07. The molecule has 0 atom stereocenters. The van der Waals surface area contributed by atoms with Crippen molar-refractivity contribution in [2.45, 2.75) is 33.6 Å². The molecule has 0 amide bonds. The lowest BCUT2D eigenvalue weighted by atomic mass is 9.76. The Kier molecular flexibility index (Phi) is 6.16. The number of nitro benzene ring substituents is 1. The fourth-order valence-corrected chi connectivity index (χ4v) is 4.59. The second-order valence-electron chi connectivity index (χ2n) is 8.82. The van der Waals surface area contributed by atoms with E-state index in [-0.39, 0.29) is 21.7 Å². The first-order chi connectivity index (χ1) is 15.6. The summed E-state index contributed by atoms with van der Waals surface area (Å²) in [7, 11) is 0. The van der Waals surface area contributed by atoms with Gasteiger partial charge in [0.25, 0.3) is 5.69 Å². The van der Waals surface area contributed by atoms with Gasteiger partial charge in [-0.15, -0.1) is 0 Å². The highest BCUT2D eigenvalue weighted by Gasteiger charge is 2.34. The average molecular weight is 531 g/mol. The van der Waals surface area contributed by atoms with Gasteiger partial charge in [-0.25, -0.2) is 4.79 Å². The molecule has 3 aromatic rings. The number of nitro groups is 1. The summed E-state index contributed by atoms with van der Waals surface area (Å²) in [5.74, 6) is -0.781. The first-order valence-corrected chi connectivity index (χ1v) is 11.4. The van der Waals surface area contributed by atoms with Crippen LogP contribution in [0, 0.1) is 22.5 Å². The molecular formula is C24H21BrClN3O4. The fraction of sp³-hybridized carbons (Fsp3) is 0.250. The molecule has 33 heavy (non-hydrogen) atoms. The van der Waals surface area contributed by atoms with Gasteiger partial charge in [0.05, 0.1) is 16.2 Å². The SMILES string of the molecule is Cc1cc2c(n1-c1ccc(Br)cc1)CC(C)(C)C/C2=N\OC(=O)c1ccc(Cl)c([N+](=O)[O-])c1. The number of oxime groups is 1. The van der Waals surface area contributed by atoms with Gasteiger partial charge in [-0.05, 0) is 67.6 Å². The first-order valence-electron chi connectivity index (χ1n) is 10.3. The number of aryl methyl sites for hydroxylation is 1. The van der Waals surface area contributed by atoms with Crippen molar-refractivity contribution in [1.82, 2.24) is 4.57 Å². The molecule has 9 heteroatoms. The fourth-order valence-electron chi connectivity index (χ4n) is 4.14. The van der Waals surface area contributed by atoms with Crippen LogP contribution in [0.1, 0.15) is 47.6 Å². The molecule has 2 aromatic carbocycles. The maximum atomic E-state index is 12.6. The van der Waals surface area contributed by atoms with Gasteiger partial charge in [-0.3, -0.25) is 10.1 Å². The largest absolute Gasteiger partial charge is 0.365 e. The Morgan fingerprint density at radius 2 is 1.88 bits per heavy atom. The molecule has 0 radical (unpaired) electrons. The highest BCUT2D eigenvalue weighted by molar-refractivity contribution is 9.10. The summed E-state index contributed by atoms with van der Waals surface area (Å²) in [6.45, 7) is 6.32. The number of carbonyl (C=O) groups excluding carboxylic acids is 1. The molecule has 0 fully saturated rings. The summed E-state index contributed by atoms with van der Waals surface area (Å²) < 4.78 is 3.20. The van der Waals surface area contributed by atoms with Crippen LogP contribution in [0.25, 0.3) is 5.69 Å². The van der Waals surface area contributed by atoms with Crippen LogP contribution in [0.2, 0.25) is 5.02 Å². The van der Waals surface area contributed by atoms with E-state index >= 15 is 0 Å². The van der Waals surface area contributed by atoms with E-state index in [0.29, 0.717) is 12.1 Å². The van der Waals surface area contributed by atoms with Crippen LogP contribution in [-0.2, 0) is 11.3 Å². The maximum Gasteiger partial charge on any atom is 0.365 e. The quantitative estimate of drug-likeness (QED) is 0.215. The molecule has 0 saturated carbocycles. The zero-order valence-corrected chi connectivity index (χ0v) is 20.6. The number of aromatic nitrogens is 1. The minimum atomic E-state index is -0.781. The van der Waals surface area contributed by atoms with E-state index in [1.807, 2.05) is 37.3 Å². The number of benzene rings is 2. The van der Waals surface area contributed by atoms with Gasteiger partial charge >= 0.3 is 5.97 Å².